The van der Waals surface area contributed by atoms with Crippen molar-refractivity contribution in [1.82, 2.24) is 14.9 Å². The van der Waals surface area contributed by atoms with Gasteiger partial charge in [0.25, 0.3) is 0 Å². The highest BCUT2D eigenvalue weighted by Gasteiger charge is 2.14. The third-order valence-electron chi connectivity index (χ3n) is 5.35. The molecule has 1 atom stereocenters. The van der Waals surface area contributed by atoms with Crippen LogP contribution in [0.25, 0.3) is 0 Å². The quantitative estimate of drug-likeness (QED) is 0.723. The van der Waals surface area contributed by atoms with Gasteiger partial charge in [-0.2, -0.15) is 4.98 Å². The molecular formula is C22H29N7. The second-order valence-corrected chi connectivity index (χ2v) is 7.76. The molecule has 1 aliphatic carbocycles. The summed E-state index contributed by atoms with van der Waals surface area (Å²) in [6.07, 6.45) is 8.62. The fourth-order valence-corrected chi connectivity index (χ4v) is 3.53. The summed E-state index contributed by atoms with van der Waals surface area (Å²) in [4.78, 5) is 13.9. The third-order valence-corrected chi connectivity index (χ3v) is 5.35. The van der Waals surface area contributed by atoms with Crippen LogP contribution in [0.2, 0.25) is 0 Å². The number of aromatic nitrogens is 2. The number of nitrogens with two attached hydrogens (primary N) is 1. The Hall–Kier alpha value is -2.90. The number of likely N-dealkylation sites (N-methyl/N-ethyl adjacent to an activating group) is 1. The number of hydrogen-bond acceptors (Lipinski definition) is 7. The molecule has 0 spiro atoms. The molecule has 0 amide bonds. The molecule has 4 N–H and O–H groups in total. The molecule has 29 heavy (non-hydrogen) atoms. The Labute approximate surface area is 172 Å². The number of rotatable bonds is 5. The molecule has 1 aromatic carbocycles. The van der Waals surface area contributed by atoms with E-state index in [0.29, 0.717) is 5.95 Å². The van der Waals surface area contributed by atoms with Crippen molar-refractivity contribution < 1.29 is 0 Å². The molecule has 1 aliphatic heterocycles. The molecule has 1 saturated heterocycles. The fraction of sp³-hybridized carbons (Fsp3) is 0.364. The van der Waals surface area contributed by atoms with Crippen LogP contribution in [0.1, 0.15) is 12.0 Å². The van der Waals surface area contributed by atoms with E-state index in [0.717, 1.165) is 55.4 Å². The zero-order valence-electron chi connectivity index (χ0n) is 17.1. The molecule has 7 heteroatoms. The first kappa shape index (κ1) is 19.4. The summed E-state index contributed by atoms with van der Waals surface area (Å²) >= 11 is 0. The van der Waals surface area contributed by atoms with Crippen LogP contribution in [0.5, 0.6) is 0 Å². The Balaban J connectivity index is 1.43. The predicted octanol–water partition coefficient (Wildman–Crippen LogP) is 2.86. The first-order valence-corrected chi connectivity index (χ1v) is 10.1. The van der Waals surface area contributed by atoms with Gasteiger partial charge in [-0.3, -0.25) is 0 Å². The van der Waals surface area contributed by atoms with Crippen LogP contribution >= 0.6 is 0 Å². The van der Waals surface area contributed by atoms with Crippen LogP contribution in [-0.2, 0) is 0 Å². The van der Waals surface area contributed by atoms with Gasteiger partial charge in [-0.05, 0) is 44.3 Å². The van der Waals surface area contributed by atoms with Gasteiger partial charge in [0.2, 0.25) is 5.95 Å². The molecule has 0 saturated carbocycles. The van der Waals surface area contributed by atoms with Crippen LogP contribution < -0.4 is 21.3 Å². The summed E-state index contributed by atoms with van der Waals surface area (Å²) in [6.45, 7) is 6.33. The highest BCUT2D eigenvalue weighted by atomic mass is 15.2. The lowest BCUT2D eigenvalue weighted by Gasteiger charge is -2.34. The van der Waals surface area contributed by atoms with Crippen LogP contribution in [0.4, 0.5) is 23.1 Å². The second kappa shape index (κ2) is 8.63. The van der Waals surface area contributed by atoms with Gasteiger partial charge >= 0.3 is 0 Å². The monoisotopic (exact) mass is 391 g/mol. The number of aryl methyl sites for hydroxylation is 1. The van der Waals surface area contributed by atoms with Gasteiger partial charge in [-0.25, -0.2) is 4.98 Å². The van der Waals surface area contributed by atoms with Crippen LogP contribution in [-0.4, -0.2) is 54.1 Å². The number of nitrogens with one attached hydrogen (secondary N) is 2. The van der Waals surface area contributed by atoms with E-state index in [4.69, 9.17) is 5.73 Å². The molecule has 7 nitrogen and oxygen atoms in total. The zero-order valence-corrected chi connectivity index (χ0v) is 17.1. The minimum atomic E-state index is 0.0426. The molecule has 0 bridgehead atoms. The van der Waals surface area contributed by atoms with E-state index in [1.807, 2.05) is 31.3 Å². The minimum absolute atomic E-state index is 0.0426. The maximum Gasteiger partial charge on any atom is 0.229 e. The standard InChI is InChI=1S/C22H29N7/c1-16-15-24-22(27-21(16)25-19-5-3-4-17(23)14-19)26-18-6-8-20(9-7-18)29-12-10-28(2)11-13-29/h3-9,15,17H,10-14,23H2,1-2H3,(H2,24,25,26,27). The lowest BCUT2D eigenvalue weighted by atomic mass is 10.1. The van der Waals surface area contributed by atoms with Gasteiger partial charge in [0.1, 0.15) is 5.82 Å². The summed E-state index contributed by atoms with van der Waals surface area (Å²) < 4.78 is 0. The molecule has 2 aliphatic rings. The summed E-state index contributed by atoms with van der Waals surface area (Å²) in [5.41, 5.74) is 10.3. The number of piperazine rings is 1. The Morgan fingerprint density at radius 3 is 2.55 bits per heavy atom. The van der Waals surface area contributed by atoms with Gasteiger partial charge in [-0.15, -0.1) is 0 Å². The van der Waals surface area contributed by atoms with Crippen molar-refractivity contribution in [2.75, 3.05) is 48.8 Å². The zero-order chi connectivity index (χ0) is 20.2. The second-order valence-electron chi connectivity index (χ2n) is 7.76. The predicted molar refractivity (Wildman–Crippen MR) is 120 cm³/mol. The normalized spacial score (nSPS) is 19.8. The first-order chi connectivity index (χ1) is 14.1. The Kier molecular flexibility index (Phi) is 5.78. The average molecular weight is 392 g/mol. The highest BCUT2D eigenvalue weighted by Crippen LogP contribution is 2.23. The number of allylic oxidation sites excluding steroid dienone is 2. The van der Waals surface area contributed by atoms with Gasteiger partial charge in [0, 0.05) is 67.5 Å². The highest BCUT2D eigenvalue weighted by molar-refractivity contribution is 5.61. The van der Waals surface area contributed by atoms with Gasteiger partial charge in [-0.1, -0.05) is 12.2 Å². The lowest BCUT2D eigenvalue weighted by molar-refractivity contribution is 0.313. The Morgan fingerprint density at radius 2 is 1.83 bits per heavy atom. The minimum Gasteiger partial charge on any atom is -0.369 e. The van der Waals surface area contributed by atoms with E-state index < -0.39 is 0 Å². The first-order valence-electron chi connectivity index (χ1n) is 10.1. The molecule has 2 heterocycles. The van der Waals surface area contributed by atoms with E-state index in [1.54, 1.807) is 0 Å². The Morgan fingerprint density at radius 1 is 1.07 bits per heavy atom. The molecule has 1 aromatic heterocycles. The van der Waals surface area contributed by atoms with Crippen molar-refractivity contribution in [2.24, 2.45) is 5.73 Å². The molecule has 0 radical (unpaired) electrons. The molecule has 1 fully saturated rings. The van der Waals surface area contributed by atoms with E-state index in [-0.39, 0.29) is 6.04 Å². The van der Waals surface area contributed by atoms with Crippen LogP contribution in [0.15, 0.2) is 54.4 Å². The summed E-state index contributed by atoms with van der Waals surface area (Å²) in [7, 11) is 2.17. The molecular weight excluding hydrogens is 362 g/mol. The SMILES string of the molecule is Cc1cnc(Nc2ccc(N3CCN(C)CC3)cc2)nc1NC1=CC=CC(N)C1. The third kappa shape index (κ3) is 4.93. The number of benzene rings is 1. The van der Waals surface area contributed by atoms with E-state index in [9.17, 15) is 0 Å². The lowest BCUT2D eigenvalue weighted by Crippen LogP contribution is -2.44. The van der Waals surface area contributed by atoms with Crippen molar-refractivity contribution >= 4 is 23.1 Å². The van der Waals surface area contributed by atoms with Crippen molar-refractivity contribution in [1.29, 1.82) is 0 Å². The molecule has 2 aromatic rings. The molecule has 1 unspecified atom stereocenters. The van der Waals surface area contributed by atoms with Crippen molar-refractivity contribution in [3.05, 3.63) is 60.0 Å². The van der Waals surface area contributed by atoms with E-state index in [1.165, 1.54) is 5.69 Å². The molecule has 4 rings (SSSR count). The maximum absolute atomic E-state index is 6.00. The summed E-state index contributed by atoms with van der Waals surface area (Å²) in [5.74, 6) is 1.37. The van der Waals surface area contributed by atoms with E-state index in [2.05, 4.69) is 61.7 Å². The average Bonchev–Trinajstić information content (AvgIpc) is 2.72. The molecule has 152 valence electrons. The summed E-state index contributed by atoms with van der Waals surface area (Å²) in [5, 5.41) is 6.70. The van der Waals surface area contributed by atoms with E-state index >= 15 is 0 Å². The van der Waals surface area contributed by atoms with Crippen molar-refractivity contribution in [2.45, 2.75) is 19.4 Å². The largest absolute Gasteiger partial charge is 0.369 e. The van der Waals surface area contributed by atoms with Gasteiger partial charge < -0.3 is 26.2 Å². The van der Waals surface area contributed by atoms with Crippen LogP contribution in [0.3, 0.4) is 0 Å². The smallest absolute Gasteiger partial charge is 0.229 e. The Bertz CT molecular complexity index is 896. The van der Waals surface area contributed by atoms with Gasteiger partial charge in [0.05, 0.1) is 0 Å². The maximum atomic E-state index is 6.00. The number of anilines is 4. The fourth-order valence-electron chi connectivity index (χ4n) is 3.53. The summed E-state index contributed by atoms with van der Waals surface area (Å²) in [6, 6.07) is 8.51. The van der Waals surface area contributed by atoms with Crippen LogP contribution in [0, 0.1) is 6.92 Å². The van der Waals surface area contributed by atoms with Crippen molar-refractivity contribution in [3.63, 3.8) is 0 Å². The van der Waals surface area contributed by atoms with Crippen molar-refractivity contribution in [3.8, 4) is 0 Å². The number of nitrogens with zero attached hydrogens (tertiary/aromatic N) is 4. The number of hydrogen-bond donors (Lipinski definition) is 3. The topological polar surface area (TPSA) is 82.3 Å². The van der Waals surface area contributed by atoms with Gasteiger partial charge in [0.15, 0.2) is 0 Å².